The van der Waals surface area contributed by atoms with E-state index < -0.39 is 5.82 Å². The van der Waals surface area contributed by atoms with E-state index in [0.717, 1.165) is 0 Å². The molecule has 2 nitrogen and oxygen atoms in total. The molecule has 0 spiro atoms. The molecule has 0 aliphatic heterocycles. The van der Waals surface area contributed by atoms with Crippen LogP contribution in [0, 0.1) is 5.82 Å². The highest BCUT2D eigenvalue weighted by atomic mass is 35.5. The molecular weight excluding hydrogens is 253 g/mol. The second-order valence-electron chi connectivity index (χ2n) is 3.78. The lowest BCUT2D eigenvalue weighted by atomic mass is 10.2. The molecule has 0 saturated carbocycles. The Kier molecular flexibility index (Phi) is 3.95. The number of hydrogen-bond acceptors (Lipinski definition) is 1. The van der Waals surface area contributed by atoms with Crippen molar-refractivity contribution in [3.05, 3.63) is 70.5 Å². The van der Waals surface area contributed by atoms with Gasteiger partial charge in [0.25, 0.3) is 5.91 Å². The minimum absolute atomic E-state index is 0.136. The van der Waals surface area contributed by atoms with Crippen molar-refractivity contribution in [1.29, 1.82) is 0 Å². The highest BCUT2D eigenvalue weighted by molar-refractivity contribution is 6.30. The standard InChI is InChI=1S/C14H11ClFNO/c15-12-7-6-11(13(16)8-12)9-17-14(18)10-4-2-1-3-5-10/h1-8H,9H2,(H,17,18). The van der Waals surface area contributed by atoms with E-state index in [1.807, 2.05) is 6.07 Å². The van der Waals surface area contributed by atoms with Crippen LogP contribution in [0.1, 0.15) is 15.9 Å². The van der Waals surface area contributed by atoms with Gasteiger partial charge < -0.3 is 5.32 Å². The molecular formula is C14H11ClFNO. The Hall–Kier alpha value is -1.87. The number of amides is 1. The average molecular weight is 264 g/mol. The molecule has 2 aromatic rings. The molecule has 18 heavy (non-hydrogen) atoms. The first-order valence-corrected chi connectivity index (χ1v) is 5.82. The van der Waals surface area contributed by atoms with Gasteiger partial charge in [0, 0.05) is 22.7 Å². The van der Waals surface area contributed by atoms with Crippen molar-refractivity contribution in [1.82, 2.24) is 5.32 Å². The number of benzene rings is 2. The Morgan fingerprint density at radius 2 is 1.89 bits per heavy atom. The topological polar surface area (TPSA) is 29.1 Å². The van der Waals surface area contributed by atoms with E-state index in [-0.39, 0.29) is 12.5 Å². The van der Waals surface area contributed by atoms with Crippen molar-refractivity contribution >= 4 is 17.5 Å². The minimum Gasteiger partial charge on any atom is -0.348 e. The molecule has 0 unspecified atom stereocenters. The van der Waals surface area contributed by atoms with Gasteiger partial charge >= 0.3 is 0 Å². The third-order valence-electron chi connectivity index (χ3n) is 2.49. The first kappa shape index (κ1) is 12.6. The summed E-state index contributed by atoms with van der Waals surface area (Å²) in [6.07, 6.45) is 0. The summed E-state index contributed by atoms with van der Waals surface area (Å²) < 4.78 is 13.5. The predicted octanol–water partition coefficient (Wildman–Crippen LogP) is 3.41. The van der Waals surface area contributed by atoms with Gasteiger partial charge in [-0.25, -0.2) is 4.39 Å². The molecule has 0 aliphatic rings. The van der Waals surface area contributed by atoms with Crippen LogP contribution < -0.4 is 5.32 Å². The number of nitrogens with one attached hydrogen (secondary N) is 1. The van der Waals surface area contributed by atoms with E-state index >= 15 is 0 Å². The summed E-state index contributed by atoms with van der Waals surface area (Å²) in [5.74, 6) is -0.652. The Morgan fingerprint density at radius 3 is 2.56 bits per heavy atom. The van der Waals surface area contributed by atoms with E-state index in [1.54, 1.807) is 36.4 Å². The molecule has 2 aromatic carbocycles. The highest BCUT2D eigenvalue weighted by Gasteiger charge is 2.07. The summed E-state index contributed by atoms with van der Waals surface area (Å²) in [6.45, 7) is 0.136. The molecule has 0 aliphatic carbocycles. The number of hydrogen-bond donors (Lipinski definition) is 1. The van der Waals surface area contributed by atoms with Gasteiger partial charge in [-0.05, 0) is 24.3 Å². The van der Waals surface area contributed by atoms with Gasteiger partial charge in [0.05, 0.1) is 0 Å². The maximum absolute atomic E-state index is 13.5. The van der Waals surface area contributed by atoms with Gasteiger partial charge in [-0.1, -0.05) is 35.9 Å². The smallest absolute Gasteiger partial charge is 0.251 e. The van der Waals surface area contributed by atoms with Gasteiger partial charge in [0.2, 0.25) is 0 Å². The first-order valence-electron chi connectivity index (χ1n) is 5.44. The van der Waals surface area contributed by atoms with Gasteiger partial charge in [0.1, 0.15) is 5.82 Å². The summed E-state index contributed by atoms with van der Waals surface area (Å²) in [7, 11) is 0. The molecule has 0 radical (unpaired) electrons. The summed E-state index contributed by atoms with van der Waals surface area (Å²) >= 11 is 5.65. The molecule has 0 fully saturated rings. The van der Waals surface area contributed by atoms with Crippen LogP contribution in [-0.4, -0.2) is 5.91 Å². The lowest BCUT2D eigenvalue weighted by molar-refractivity contribution is 0.0950. The maximum Gasteiger partial charge on any atom is 0.251 e. The fourth-order valence-corrected chi connectivity index (χ4v) is 1.69. The lowest BCUT2D eigenvalue weighted by Gasteiger charge is -2.06. The maximum atomic E-state index is 13.5. The van der Waals surface area contributed by atoms with Crippen molar-refractivity contribution in [3.8, 4) is 0 Å². The van der Waals surface area contributed by atoms with Crippen molar-refractivity contribution in [3.63, 3.8) is 0 Å². The number of carbonyl (C=O) groups excluding carboxylic acids is 1. The van der Waals surface area contributed by atoms with Crippen molar-refractivity contribution in [2.24, 2.45) is 0 Å². The largest absolute Gasteiger partial charge is 0.348 e. The second kappa shape index (κ2) is 5.65. The monoisotopic (exact) mass is 263 g/mol. The zero-order valence-corrected chi connectivity index (χ0v) is 10.2. The Bertz CT molecular complexity index is 557. The average Bonchev–Trinajstić information content (AvgIpc) is 2.38. The molecule has 0 bridgehead atoms. The van der Waals surface area contributed by atoms with Crippen LogP contribution in [0.3, 0.4) is 0 Å². The second-order valence-corrected chi connectivity index (χ2v) is 4.22. The molecule has 0 atom stereocenters. The zero-order chi connectivity index (χ0) is 13.0. The van der Waals surface area contributed by atoms with Crippen LogP contribution in [0.5, 0.6) is 0 Å². The molecule has 0 saturated heterocycles. The molecule has 2 rings (SSSR count). The molecule has 1 amide bonds. The van der Waals surface area contributed by atoms with Gasteiger partial charge in [-0.2, -0.15) is 0 Å². The third kappa shape index (κ3) is 3.08. The molecule has 4 heteroatoms. The quantitative estimate of drug-likeness (QED) is 0.903. The van der Waals surface area contributed by atoms with E-state index in [0.29, 0.717) is 16.1 Å². The fourth-order valence-electron chi connectivity index (χ4n) is 1.53. The lowest BCUT2D eigenvalue weighted by Crippen LogP contribution is -2.23. The fraction of sp³-hybridized carbons (Fsp3) is 0.0714. The normalized spacial score (nSPS) is 10.1. The van der Waals surface area contributed by atoms with E-state index in [9.17, 15) is 9.18 Å². The predicted molar refractivity (Wildman–Crippen MR) is 69.0 cm³/mol. The van der Waals surface area contributed by atoms with Crippen LogP contribution in [0.4, 0.5) is 4.39 Å². The molecule has 92 valence electrons. The van der Waals surface area contributed by atoms with Crippen LogP contribution in [-0.2, 0) is 6.54 Å². The Labute approximate surface area is 109 Å². The van der Waals surface area contributed by atoms with Crippen molar-refractivity contribution in [2.45, 2.75) is 6.54 Å². The van der Waals surface area contributed by atoms with Gasteiger partial charge in [0.15, 0.2) is 0 Å². The molecule has 1 N–H and O–H groups in total. The molecule has 0 aromatic heterocycles. The van der Waals surface area contributed by atoms with E-state index in [2.05, 4.69) is 5.32 Å². The highest BCUT2D eigenvalue weighted by Crippen LogP contribution is 2.14. The van der Waals surface area contributed by atoms with Crippen LogP contribution in [0.2, 0.25) is 5.02 Å². The number of halogens is 2. The number of rotatable bonds is 3. The molecule has 0 heterocycles. The van der Waals surface area contributed by atoms with Gasteiger partial charge in [-0.15, -0.1) is 0 Å². The third-order valence-corrected chi connectivity index (χ3v) is 2.73. The SMILES string of the molecule is O=C(NCc1ccc(Cl)cc1F)c1ccccc1. The van der Waals surface area contributed by atoms with E-state index in [4.69, 9.17) is 11.6 Å². The first-order chi connectivity index (χ1) is 8.66. The Morgan fingerprint density at radius 1 is 1.17 bits per heavy atom. The number of carbonyl (C=O) groups is 1. The van der Waals surface area contributed by atoms with Crippen LogP contribution in [0.15, 0.2) is 48.5 Å². The van der Waals surface area contributed by atoms with Crippen LogP contribution >= 0.6 is 11.6 Å². The zero-order valence-electron chi connectivity index (χ0n) is 9.49. The van der Waals surface area contributed by atoms with Crippen molar-refractivity contribution in [2.75, 3.05) is 0 Å². The summed E-state index contributed by atoms with van der Waals surface area (Å²) in [6, 6.07) is 13.2. The van der Waals surface area contributed by atoms with Crippen LogP contribution in [0.25, 0.3) is 0 Å². The van der Waals surface area contributed by atoms with Crippen molar-refractivity contribution < 1.29 is 9.18 Å². The summed E-state index contributed by atoms with van der Waals surface area (Å²) in [5, 5.41) is 2.99. The summed E-state index contributed by atoms with van der Waals surface area (Å²) in [4.78, 5) is 11.7. The van der Waals surface area contributed by atoms with E-state index in [1.165, 1.54) is 6.07 Å². The summed E-state index contributed by atoms with van der Waals surface area (Å²) in [5.41, 5.74) is 0.954. The van der Waals surface area contributed by atoms with Gasteiger partial charge in [-0.3, -0.25) is 4.79 Å². The Balaban J connectivity index is 2.02. The minimum atomic E-state index is -0.420.